The second-order valence-corrected chi connectivity index (χ2v) is 17.8. The Hall–Kier alpha value is -4.52. The molecule has 1 saturated heterocycles. The van der Waals surface area contributed by atoms with Gasteiger partial charge in [-0.15, -0.1) is 0 Å². The minimum Gasteiger partial charge on any atom is -0.483 e. The highest BCUT2D eigenvalue weighted by Gasteiger charge is 2.64. The maximum absolute atomic E-state index is 14.8. The SMILES string of the molecule is Cc1nc2ccccc2c2c1O[C@]1(CC2)C[C@H]2C(=O)N[C@]3(C(=O)NS(=O)(=O)C4(C)CC4)C[C@H]3/C=C\CCCCC[C@H](Nc3ccccn3)C(=O)N2C1. The van der Waals surface area contributed by atoms with Gasteiger partial charge in [0.25, 0.3) is 5.91 Å². The second-order valence-electron chi connectivity index (χ2n) is 15.6. The fourth-order valence-electron chi connectivity index (χ4n) is 8.27. The van der Waals surface area contributed by atoms with E-state index in [-0.39, 0.29) is 31.2 Å². The summed E-state index contributed by atoms with van der Waals surface area (Å²) in [6.07, 6.45) is 12.2. The number of nitrogens with one attached hydrogen (secondary N) is 3. The van der Waals surface area contributed by atoms with Gasteiger partial charge in [-0.3, -0.25) is 19.1 Å². The fraction of sp³-hybridized carbons (Fsp3) is 0.513. The zero-order valence-corrected chi connectivity index (χ0v) is 30.5. The third-order valence-electron chi connectivity index (χ3n) is 11.9. The summed E-state index contributed by atoms with van der Waals surface area (Å²) in [7, 11) is -3.94. The first kappa shape index (κ1) is 34.6. The van der Waals surface area contributed by atoms with Crippen LogP contribution in [0, 0.1) is 12.8 Å². The van der Waals surface area contributed by atoms with E-state index in [2.05, 4.69) is 20.3 Å². The summed E-state index contributed by atoms with van der Waals surface area (Å²) < 4.78 is 34.6. The number of aryl methyl sites for hydroxylation is 2. The quantitative estimate of drug-likeness (QED) is 0.323. The van der Waals surface area contributed by atoms with Crippen molar-refractivity contribution in [1.29, 1.82) is 0 Å². The van der Waals surface area contributed by atoms with E-state index in [1.807, 2.05) is 61.5 Å². The van der Waals surface area contributed by atoms with Crippen molar-refractivity contribution in [2.24, 2.45) is 5.92 Å². The lowest BCUT2D eigenvalue weighted by molar-refractivity contribution is -0.140. The second kappa shape index (κ2) is 12.9. The van der Waals surface area contributed by atoms with Crippen molar-refractivity contribution >= 4 is 44.5 Å². The number of anilines is 1. The van der Waals surface area contributed by atoms with Crippen LogP contribution in [0.15, 0.2) is 60.8 Å². The van der Waals surface area contributed by atoms with Gasteiger partial charge in [0.1, 0.15) is 34.8 Å². The number of aromatic nitrogens is 2. The molecule has 3 aromatic rings. The number of fused-ring (bicyclic) bond motifs is 5. The largest absolute Gasteiger partial charge is 0.483 e. The summed E-state index contributed by atoms with van der Waals surface area (Å²) in [5.74, 6) is -0.596. The average Bonchev–Trinajstić information content (AvgIpc) is 4.02. The number of benzene rings is 1. The van der Waals surface area contributed by atoms with Gasteiger partial charge in [-0.2, -0.15) is 0 Å². The molecule has 3 N–H and O–H groups in total. The number of sulfonamides is 1. The van der Waals surface area contributed by atoms with Gasteiger partial charge in [0.2, 0.25) is 21.8 Å². The van der Waals surface area contributed by atoms with Gasteiger partial charge in [0.05, 0.1) is 22.5 Å². The maximum atomic E-state index is 14.8. The number of nitrogens with zero attached hydrogens (tertiary/aromatic N) is 3. The molecular formula is C39H46N6O6S. The molecular weight excluding hydrogens is 681 g/mol. The third-order valence-corrected chi connectivity index (χ3v) is 14.0. The molecule has 5 aliphatic rings. The summed E-state index contributed by atoms with van der Waals surface area (Å²) in [4.78, 5) is 54.1. The highest BCUT2D eigenvalue weighted by Crippen LogP contribution is 2.49. The number of rotatable bonds is 5. The van der Waals surface area contributed by atoms with E-state index in [1.54, 1.807) is 18.0 Å². The van der Waals surface area contributed by atoms with E-state index in [4.69, 9.17) is 9.72 Å². The molecule has 5 atom stereocenters. The highest BCUT2D eigenvalue weighted by atomic mass is 32.2. The number of hydrogen-bond donors (Lipinski definition) is 3. The molecule has 274 valence electrons. The Morgan fingerprint density at radius 2 is 1.85 bits per heavy atom. The van der Waals surface area contributed by atoms with E-state index in [0.29, 0.717) is 43.7 Å². The Balaban J connectivity index is 1.14. The number of ether oxygens (including phenoxy) is 1. The standard InChI is InChI=1S/C39H46N6O6S/c1-25-33-28(27-13-8-9-14-29(27)41-25)17-18-38(51-33)23-31-34(46)43-39(36(48)44-52(49,50)37(2)19-20-37)22-26(39)12-6-4-3-5-7-15-30(35(47)45(31)24-38)42-32-16-10-11-21-40-32/h6,8-14,16,21,26,30-31H,3-5,7,15,17-20,22-24H2,1-2H3,(H,40,42)(H,43,46)(H,44,48)/b12-6-/t26-,30+,31+,38-,39-/m1/s1. The molecule has 52 heavy (non-hydrogen) atoms. The van der Waals surface area contributed by atoms with E-state index < -0.39 is 49.8 Å². The van der Waals surface area contributed by atoms with Crippen LogP contribution in [0.25, 0.3) is 10.9 Å². The Kier molecular flexibility index (Phi) is 8.54. The highest BCUT2D eigenvalue weighted by molar-refractivity contribution is 7.91. The summed E-state index contributed by atoms with van der Waals surface area (Å²) in [5, 5.41) is 7.37. The van der Waals surface area contributed by atoms with Crippen molar-refractivity contribution in [1.82, 2.24) is 24.9 Å². The molecule has 8 rings (SSSR count). The van der Waals surface area contributed by atoms with Crippen LogP contribution in [0.5, 0.6) is 5.75 Å². The number of amides is 3. The average molecular weight is 727 g/mol. The van der Waals surface area contributed by atoms with E-state index in [9.17, 15) is 22.8 Å². The molecule has 0 radical (unpaired) electrons. The molecule has 3 aliphatic heterocycles. The van der Waals surface area contributed by atoms with Crippen LogP contribution in [-0.4, -0.2) is 75.5 Å². The molecule has 2 aromatic heterocycles. The predicted octanol–water partition coefficient (Wildman–Crippen LogP) is 4.48. The van der Waals surface area contributed by atoms with Crippen LogP contribution in [0.4, 0.5) is 5.82 Å². The lowest BCUT2D eigenvalue weighted by atomic mass is 9.87. The summed E-state index contributed by atoms with van der Waals surface area (Å²) in [6, 6.07) is 11.8. The monoisotopic (exact) mass is 726 g/mol. The minimum atomic E-state index is -3.94. The maximum Gasteiger partial charge on any atom is 0.259 e. The molecule has 2 saturated carbocycles. The number of para-hydroxylation sites is 1. The van der Waals surface area contributed by atoms with Gasteiger partial charge in [-0.25, -0.2) is 18.4 Å². The topological polar surface area (TPSA) is 160 Å². The Labute approximate surface area is 304 Å². The van der Waals surface area contributed by atoms with Crippen molar-refractivity contribution in [3.8, 4) is 5.75 Å². The van der Waals surface area contributed by atoms with Gasteiger partial charge in [0, 0.05) is 29.5 Å². The summed E-state index contributed by atoms with van der Waals surface area (Å²) in [5.41, 5.74) is 0.392. The van der Waals surface area contributed by atoms with E-state index in [1.165, 1.54) is 0 Å². The van der Waals surface area contributed by atoms with Crippen LogP contribution >= 0.6 is 0 Å². The van der Waals surface area contributed by atoms with Gasteiger partial charge in [0.15, 0.2) is 0 Å². The number of allylic oxidation sites excluding steroid dienone is 1. The van der Waals surface area contributed by atoms with Crippen LogP contribution < -0.4 is 20.1 Å². The molecule has 2 aliphatic carbocycles. The van der Waals surface area contributed by atoms with Crippen LogP contribution in [0.2, 0.25) is 0 Å². The molecule has 3 amide bonds. The van der Waals surface area contributed by atoms with Crippen LogP contribution in [0.3, 0.4) is 0 Å². The number of hydrogen-bond acceptors (Lipinski definition) is 9. The summed E-state index contributed by atoms with van der Waals surface area (Å²) >= 11 is 0. The number of carbonyl (C=O) groups excluding carboxylic acids is 3. The van der Waals surface area contributed by atoms with E-state index in [0.717, 1.165) is 47.8 Å². The van der Waals surface area contributed by atoms with Crippen molar-refractivity contribution < 1.29 is 27.5 Å². The normalized spacial score (nSPS) is 30.4. The van der Waals surface area contributed by atoms with Crippen molar-refractivity contribution in [2.75, 3.05) is 11.9 Å². The third kappa shape index (κ3) is 6.20. The van der Waals surface area contributed by atoms with Crippen molar-refractivity contribution in [2.45, 2.75) is 112 Å². The molecule has 12 nitrogen and oxygen atoms in total. The molecule has 5 heterocycles. The Morgan fingerprint density at radius 1 is 1.04 bits per heavy atom. The number of pyridine rings is 2. The van der Waals surface area contributed by atoms with Crippen LogP contribution in [-0.2, 0) is 30.8 Å². The Bertz CT molecular complexity index is 2070. The van der Waals surface area contributed by atoms with Gasteiger partial charge < -0.3 is 20.3 Å². The molecule has 13 heteroatoms. The summed E-state index contributed by atoms with van der Waals surface area (Å²) in [6.45, 7) is 3.71. The lowest BCUT2D eigenvalue weighted by Gasteiger charge is -2.36. The van der Waals surface area contributed by atoms with Gasteiger partial charge in [-0.05, 0) is 83.4 Å². The van der Waals surface area contributed by atoms with Crippen LogP contribution in [0.1, 0.15) is 82.4 Å². The van der Waals surface area contributed by atoms with Gasteiger partial charge in [-0.1, -0.05) is 49.3 Å². The molecule has 0 bridgehead atoms. The predicted molar refractivity (Wildman–Crippen MR) is 196 cm³/mol. The molecule has 1 aromatic carbocycles. The first-order chi connectivity index (χ1) is 24.9. The van der Waals surface area contributed by atoms with Crippen molar-refractivity contribution in [3.05, 3.63) is 72.1 Å². The zero-order chi connectivity index (χ0) is 36.3. The fourth-order valence-corrected chi connectivity index (χ4v) is 9.58. The minimum absolute atomic E-state index is 0.172. The first-order valence-electron chi connectivity index (χ1n) is 18.5. The molecule has 3 fully saturated rings. The zero-order valence-electron chi connectivity index (χ0n) is 29.7. The Morgan fingerprint density at radius 3 is 2.63 bits per heavy atom. The van der Waals surface area contributed by atoms with Gasteiger partial charge >= 0.3 is 0 Å². The smallest absolute Gasteiger partial charge is 0.259 e. The first-order valence-corrected chi connectivity index (χ1v) is 20.0. The lowest BCUT2D eigenvalue weighted by Crippen LogP contribution is -2.58. The molecule has 1 spiro atoms. The van der Waals surface area contributed by atoms with Crippen molar-refractivity contribution in [3.63, 3.8) is 0 Å². The number of carbonyl (C=O) groups is 3. The molecule has 0 unspecified atom stereocenters. The van der Waals surface area contributed by atoms with E-state index >= 15 is 0 Å².